The van der Waals surface area contributed by atoms with E-state index in [1.54, 1.807) is 7.11 Å². The Labute approximate surface area is 175 Å². The molecule has 0 aromatic heterocycles. The molecule has 2 fully saturated rings. The minimum Gasteiger partial charge on any atom is -0.385 e. The van der Waals surface area contributed by atoms with Crippen LogP contribution in [-0.2, 0) is 22.6 Å². The summed E-state index contributed by atoms with van der Waals surface area (Å²) in [6.45, 7) is 6.91. The maximum Gasteiger partial charge on any atom is 0.222 e. The lowest BCUT2D eigenvalue weighted by atomic mass is 9.67. The Hall–Kier alpha value is -2.08. The highest BCUT2D eigenvalue weighted by molar-refractivity contribution is 5.79. The molecule has 1 aliphatic carbocycles. The van der Waals surface area contributed by atoms with Crippen LogP contribution in [-0.4, -0.2) is 50.1 Å². The highest BCUT2D eigenvalue weighted by atomic mass is 16.5. The van der Waals surface area contributed by atoms with Crippen molar-refractivity contribution in [2.45, 2.75) is 58.5 Å². The van der Waals surface area contributed by atoms with Gasteiger partial charge in [0.25, 0.3) is 0 Å². The number of amides is 1. The Bertz CT molecular complexity index is 700. The average molecular weight is 401 g/mol. The molecule has 0 atom stereocenters. The number of nitrogens with zero attached hydrogens (tertiary/aromatic N) is 2. The van der Waals surface area contributed by atoms with Crippen molar-refractivity contribution in [3.05, 3.63) is 35.4 Å². The monoisotopic (exact) mass is 400 g/mol. The molecule has 0 bridgehead atoms. The largest absolute Gasteiger partial charge is 0.385 e. The van der Waals surface area contributed by atoms with Gasteiger partial charge < -0.3 is 20.3 Å². The second kappa shape index (κ2) is 10.6. The Morgan fingerprint density at radius 2 is 2.07 bits per heavy atom. The molecule has 0 spiro atoms. The fourth-order valence-corrected chi connectivity index (χ4v) is 4.21. The van der Waals surface area contributed by atoms with Crippen molar-refractivity contribution in [1.82, 2.24) is 15.5 Å². The molecular formula is C23H36N4O2. The Balaban J connectivity index is 1.56. The number of aliphatic imine (C=N–C) groups is 1. The number of ether oxygens (including phenoxy) is 1. The molecule has 160 valence electrons. The van der Waals surface area contributed by atoms with Crippen molar-refractivity contribution in [3.63, 3.8) is 0 Å². The molecule has 1 heterocycles. The third kappa shape index (κ3) is 6.20. The average Bonchev–Trinajstić information content (AvgIpc) is 3.09. The van der Waals surface area contributed by atoms with Crippen molar-refractivity contribution < 1.29 is 9.53 Å². The van der Waals surface area contributed by atoms with Crippen LogP contribution in [0.25, 0.3) is 0 Å². The lowest BCUT2D eigenvalue weighted by molar-refractivity contribution is -0.128. The first-order valence-corrected chi connectivity index (χ1v) is 11.0. The zero-order chi connectivity index (χ0) is 20.5. The smallest absolute Gasteiger partial charge is 0.222 e. The predicted molar refractivity (Wildman–Crippen MR) is 117 cm³/mol. The fourth-order valence-electron chi connectivity index (χ4n) is 4.21. The highest BCUT2D eigenvalue weighted by Crippen LogP contribution is 2.43. The van der Waals surface area contributed by atoms with Crippen molar-refractivity contribution in [1.29, 1.82) is 0 Å². The quantitative estimate of drug-likeness (QED) is 0.468. The van der Waals surface area contributed by atoms with Crippen LogP contribution < -0.4 is 10.6 Å². The SMILES string of the molecule is CCNC(=NCc1cccc(CN2CCCC2=O)c1)NCC1(CCOC)CCC1. The third-order valence-corrected chi connectivity index (χ3v) is 6.18. The van der Waals surface area contributed by atoms with Crippen LogP contribution >= 0.6 is 0 Å². The molecule has 0 unspecified atom stereocenters. The summed E-state index contributed by atoms with van der Waals surface area (Å²) < 4.78 is 5.30. The second-order valence-electron chi connectivity index (χ2n) is 8.38. The lowest BCUT2D eigenvalue weighted by Crippen LogP contribution is -2.46. The van der Waals surface area contributed by atoms with E-state index in [9.17, 15) is 4.79 Å². The molecule has 2 N–H and O–H groups in total. The van der Waals surface area contributed by atoms with E-state index in [0.29, 0.717) is 24.9 Å². The number of guanidine groups is 1. The van der Waals surface area contributed by atoms with Gasteiger partial charge in [0.2, 0.25) is 5.91 Å². The normalized spacial score (nSPS) is 18.6. The number of nitrogens with one attached hydrogen (secondary N) is 2. The van der Waals surface area contributed by atoms with Crippen LogP contribution in [0.1, 0.15) is 56.6 Å². The summed E-state index contributed by atoms with van der Waals surface area (Å²) >= 11 is 0. The molecule has 0 radical (unpaired) electrons. The van der Waals surface area contributed by atoms with Gasteiger partial charge in [-0.15, -0.1) is 0 Å². The van der Waals surface area contributed by atoms with Crippen molar-refractivity contribution in [3.8, 4) is 0 Å². The van der Waals surface area contributed by atoms with E-state index >= 15 is 0 Å². The highest BCUT2D eigenvalue weighted by Gasteiger charge is 2.36. The molecule has 2 aliphatic rings. The fraction of sp³-hybridized carbons (Fsp3) is 0.652. The first-order chi connectivity index (χ1) is 14.1. The number of methoxy groups -OCH3 is 1. The topological polar surface area (TPSA) is 66.0 Å². The van der Waals surface area contributed by atoms with Gasteiger partial charge in [0, 0.05) is 46.3 Å². The molecule has 1 aliphatic heterocycles. The van der Waals surface area contributed by atoms with E-state index in [0.717, 1.165) is 45.0 Å². The van der Waals surface area contributed by atoms with E-state index in [2.05, 4.69) is 41.8 Å². The van der Waals surface area contributed by atoms with Gasteiger partial charge in [-0.05, 0) is 49.1 Å². The Morgan fingerprint density at radius 1 is 1.24 bits per heavy atom. The molecule has 3 rings (SSSR count). The number of carbonyl (C=O) groups is 1. The molecule has 6 nitrogen and oxygen atoms in total. The minimum atomic E-state index is 0.269. The summed E-state index contributed by atoms with van der Waals surface area (Å²) in [6.07, 6.45) is 6.61. The number of rotatable bonds is 10. The summed E-state index contributed by atoms with van der Waals surface area (Å²) in [5.74, 6) is 1.14. The van der Waals surface area contributed by atoms with Crippen molar-refractivity contribution >= 4 is 11.9 Å². The summed E-state index contributed by atoms with van der Waals surface area (Å²) in [5.41, 5.74) is 2.71. The van der Waals surface area contributed by atoms with E-state index in [4.69, 9.17) is 9.73 Å². The summed E-state index contributed by atoms with van der Waals surface area (Å²) in [5, 5.41) is 6.92. The summed E-state index contributed by atoms with van der Waals surface area (Å²) in [7, 11) is 1.78. The maximum absolute atomic E-state index is 11.9. The number of hydrogen-bond donors (Lipinski definition) is 2. The van der Waals surface area contributed by atoms with Gasteiger partial charge >= 0.3 is 0 Å². The van der Waals surface area contributed by atoms with E-state index in [-0.39, 0.29) is 5.91 Å². The molecular weight excluding hydrogens is 364 g/mol. The third-order valence-electron chi connectivity index (χ3n) is 6.18. The molecule has 6 heteroatoms. The molecule has 1 amide bonds. The first-order valence-electron chi connectivity index (χ1n) is 11.0. The number of hydrogen-bond acceptors (Lipinski definition) is 3. The van der Waals surface area contributed by atoms with Crippen LogP contribution in [0.2, 0.25) is 0 Å². The summed E-state index contributed by atoms with van der Waals surface area (Å²) in [6, 6.07) is 8.44. The van der Waals surface area contributed by atoms with Gasteiger partial charge in [0.1, 0.15) is 0 Å². The van der Waals surface area contributed by atoms with Crippen LogP contribution in [0, 0.1) is 5.41 Å². The summed E-state index contributed by atoms with van der Waals surface area (Å²) in [4.78, 5) is 18.6. The predicted octanol–water partition coefficient (Wildman–Crippen LogP) is 3.07. The van der Waals surface area contributed by atoms with Gasteiger partial charge in [-0.25, -0.2) is 4.99 Å². The van der Waals surface area contributed by atoms with E-state index < -0.39 is 0 Å². The second-order valence-corrected chi connectivity index (χ2v) is 8.38. The molecule has 1 aromatic carbocycles. The van der Waals surface area contributed by atoms with Gasteiger partial charge in [0.05, 0.1) is 6.54 Å². The molecule has 29 heavy (non-hydrogen) atoms. The molecule has 1 saturated carbocycles. The molecule has 1 saturated heterocycles. The van der Waals surface area contributed by atoms with Gasteiger partial charge in [-0.1, -0.05) is 30.7 Å². The van der Waals surface area contributed by atoms with Crippen LogP contribution in [0.4, 0.5) is 0 Å². The lowest BCUT2D eigenvalue weighted by Gasteiger charge is -2.42. The number of benzene rings is 1. The van der Waals surface area contributed by atoms with E-state index in [1.165, 1.54) is 30.4 Å². The first kappa shape index (κ1) is 21.6. The van der Waals surface area contributed by atoms with Gasteiger partial charge in [-0.3, -0.25) is 4.79 Å². The van der Waals surface area contributed by atoms with Crippen LogP contribution in [0.3, 0.4) is 0 Å². The molecule has 1 aromatic rings. The van der Waals surface area contributed by atoms with E-state index in [1.807, 2.05) is 4.90 Å². The number of carbonyl (C=O) groups excluding carboxylic acids is 1. The number of likely N-dealkylation sites (tertiary alicyclic amines) is 1. The van der Waals surface area contributed by atoms with Gasteiger partial charge in [-0.2, -0.15) is 0 Å². The Kier molecular flexibility index (Phi) is 7.92. The maximum atomic E-state index is 11.9. The minimum absolute atomic E-state index is 0.269. The van der Waals surface area contributed by atoms with Crippen molar-refractivity contribution in [2.24, 2.45) is 10.4 Å². The van der Waals surface area contributed by atoms with Crippen LogP contribution in [0.5, 0.6) is 0 Å². The Morgan fingerprint density at radius 3 is 2.72 bits per heavy atom. The van der Waals surface area contributed by atoms with Crippen molar-refractivity contribution in [2.75, 3.05) is 33.4 Å². The zero-order valence-corrected chi connectivity index (χ0v) is 18.0. The van der Waals surface area contributed by atoms with Gasteiger partial charge in [0.15, 0.2) is 5.96 Å². The standard InChI is InChI=1S/C23H36N4O2/c1-3-24-22(26-18-23(10-6-11-23)12-14-29-2)25-16-19-7-4-8-20(15-19)17-27-13-5-9-21(27)28/h4,7-8,15H,3,5-6,9-14,16-18H2,1-2H3,(H2,24,25,26). The zero-order valence-electron chi connectivity index (χ0n) is 18.0. The van der Waals surface area contributed by atoms with Crippen LogP contribution in [0.15, 0.2) is 29.3 Å².